The zero-order valence-corrected chi connectivity index (χ0v) is 9.24. The molecule has 0 aliphatic carbocycles. The summed E-state index contributed by atoms with van der Waals surface area (Å²) in [6, 6.07) is 7.09. The van der Waals surface area contributed by atoms with E-state index in [1.165, 1.54) is 0 Å². The van der Waals surface area contributed by atoms with Gasteiger partial charge in [0.1, 0.15) is 10.8 Å². The van der Waals surface area contributed by atoms with Crippen LogP contribution in [0, 0.1) is 0 Å². The van der Waals surface area contributed by atoms with Gasteiger partial charge < -0.3 is 10.2 Å². The normalized spacial score (nSPS) is 25.3. The lowest BCUT2D eigenvalue weighted by Crippen LogP contribution is -2.17. The minimum Gasteiger partial charge on any atom is -0.507 e. The average molecular weight is 223 g/mol. The second-order valence-corrected chi connectivity index (χ2v) is 4.89. The maximum absolute atomic E-state index is 9.66. The van der Waals surface area contributed by atoms with Gasteiger partial charge in [0.2, 0.25) is 0 Å². The maximum Gasteiger partial charge on any atom is 0.125 e. The van der Waals surface area contributed by atoms with Crippen LogP contribution in [-0.2, 0) is 0 Å². The molecule has 0 aromatic heterocycles. The molecular formula is C11H13NO2S. The molecule has 2 rings (SSSR count). The average Bonchev–Trinajstić information content (AvgIpc) is 2.60. The highest BCUT2D eigenvalue weighted by molar-refractivity contribution is 8.15. The Hall–Kier alpha value is -1.00. The smallest absolute Gasteiger partial charge is 0.125 e. The first-order valence-electron chi connectivity index (χ1n) is 4.86. The zero-order chi connectivity index (χ0) is 10.8. The van der Waals surface area contributed by atoms with Crippen molar-refractivity contribution >= 4 is 16.8 Å². The van der Waals surface area contributed by atoms with Crippen LogP contribution >= 0.6 is 11.8 Å². The van der Waals surface area contributed by atoms with E-state index in [-0.39, 0.29) is 23.6 Å². The molecule has 1 aromatic carbocycles. The topological polar surface area (TPSA) is 52.8 Å². The van der Waals surface area contributed by atoms with Gasteiger partial charge in [-0.3, -0.25) is 4.99 Å². The highest BCUT2D eigenvalue weighted by Crippen LogP contribution is 2.32. The van der Waals surface area contributed by atoms with Crippen LogP contribution in [0.1, 0.15) is 12.5 Å². The third kappa shape index (κ3) is 2.01. The predicted octanol–water partition coefficient (Wildman–Crippen LogP) is 1.64. The Morgan fingerprint density at radius 1 is 1.40 bits per heavy atom. The summed E-state index contributed by atoms with van der Waals surface area (Å²) in [4.78, 5) is 4.39. The van der Waals surface area contributed by atoms with Crippen molar-refractivity contribution in [2.45, 2.75) is 18.2 Å². The van der Waals surface area contributed by atoms with Crippen molar-refractivity contribution < 1.29 is 10.2 Å². The number of nitrogens with zero attached hydrogens (tertiary/aromatic N) is 1. The highest BCUT2D eigenvalue weighted by Gasteiger charge is 2.27. The van der Waals surface area contributed by atoms with Crippen molar-refractivity contribution in [1.82, 2.24) is 0 Å². The van der Waals surface area contributed by atoms with Crippen LogP contribution in [0.15, 0.2) is 29.3 Å². The lowest BCUT2D eigenvalue weighted by atomic mass is 10.2. The van der Waals surface area contributed by atoms with Crippen molar-refractivity contribution in [3.63, 3.8) is 0 Å². The van der Waals surface area contributed by atoms with Crippen LogP contribution in [0.5, 0.6) is 5.75 Å². The minimum atomic E-state index is -0.0513. The second kappa shape index (κ2) is 4.24. The van der Waals surface area contributed by atoms with E-state index in [4.69, 9.17) is 5.11 Å². The quantitative estimate of drug-likeness (QED) is 0.801. The van der Waals surface area contributed by atoms with Crippen molar-refractivity contribution in [3.05, 3.63) is 29.8 Å². The monoisotopic (exact) mass is 223 g/mol. The third-order valence-electron chi connectivity index (χ3n) is 2.44. The molecule has 0 radical (unpaired) electrons. The van der Waals surface area contributed by atoms with E-state index < -0.39 is 0 Å². The molecule has 0 spiro atoms. The number of hydrogen-bond acceptors (Lipinski definition) is 4. The molecule has 15 heavy (non-hydrogen) atoms. The van der Waals surface area contributed by atoms with Gasteiger partial charge in [-0.05, 0) is 12.1 Å². The van der Waals surface area contributed by atoms with Gasteiger partial charge in [0.05, 0.1) is 12.6 Å². The Labute approximate surface area is 92.9 Å². The Kier molecular flexibility index (Phi) is 2.98. The number of aliphatic hydroxyl groups excluding tert-OH is 1. The summed E-state index contributed by atoms with van der Waals surface area (Å²) in [6.07, 6.45) is 0. The first-order chi connectivity index (χ1) is 7.22. The largest absolute Gasteiger partial charge is 0.507 e. The van der Waals surface area contributed by atoms with Crippen molar-refractivity contribution in [3.8, 4) is 5.75 Å². The van der Waals surface area contributed by atoms with Crippen molar-refractivity contribution in [2.75, 3.05) is 6.61 Å². The van der Waals surface area contributed by atoms with E-state index in [1.807, 2.05) is 19.1 Å². The summed E-state index contributed by atoms with van der Waals surface area (Å²) in [5, 5.41) is 19.8. The maximum atomic E-state index is 9.66. The molecular weight excluding hydrogens is 210 g/mol. The van der Waals surface area contributed by atoms with Crippen LogP contribution < -0.4 is 0 Å². The summed E-state index contributed by atoms with van der Waals surface area (Å²) in [7, 11) is 0. The van der Waals surface area contributed by atoms with Gasteiger partial charge in [-0.15, -0.1) is 11.8 Å². The van der Waals surface area contributed by atoms with Gasteiger partial charge in [0.15, 0.2) is 0 Å². The number of aliphatic hydroxyl groups is 1. The summed E-state index contributed by atoms with van der Waals surface area (Å²) in [6.45, 7) is 2.09. The molecule has 0 fully saturated rings. The number of hydrogen-bond donors (Lipinski definition) is 2. The van der Waals surface area contributed by atoms with Gasteiger partial charge in [0, 0.05) is 10.8 Å². The van der Waals surface area contributed by atoms with Gasteiger partial charge in [-0.25, -0.2) is 0 Å². The Morgan fingerprint density at radius 2 is 2.13 bits per heavy atom. The van der Waals surface area contributed by atoms with E-state index in [2.05, 4.69) is 4.99 Å². The van der Waals surface area contributed by atoms with Crippen LogP contribution in [-0.4, -0.2) is 33.2 Å². The number of aliphatic imine (C=N–C) groups is 1. The van der Waals surface area contributed by atoms with Gasteiger partial charge in [-0.1, -0.05) is 19.1 Å². The van der Waals surface area contributed by atoms with Crippen LogP contribution in [0.25, 0.3) is 0 Å². The first kappa shape index (κ1) is 10.5. The molecule has 3 nitrogen and oxygen atoms in total. The predicted molar refractivity (Wildman–Crippen MR) is 62.6 cm³/mol. The van der Waals surface area contributed by atoms with Gasteiger partial charge >= 0.3 is 0 Å². The third-order valence-corrected chi connectivity index (χ3v) is 3.68. The van der Waals surface area contributed by atoms with E-state index in [1.54, 1.807) is 23.9 Å². The Morgan fingerprint density at radius 3 is 2.73 bits per heavy atom. The molecule has 1 unspecified atom stereocenters. The van der Waals surface area contributed by atoms with Crippen LogP contribution in [0.3, 0.4) is 0 Å². The molecule has 1 heterocycles. The second-order valence-electron chi connectivity index (χ2n) is 3.52. The number of thioether (sulfide) groups is 1. The van der Waals surface area contributed by atoms with E-state index in [0.29, 0.717) is 0 Å². The molecule has 0 saturated heterocycles. The van der Waals surface area contributed by atoms with E-state index in [9.17, 15) is 5.11 Å². The molecule has 2 atom stereocenters. The SMILES string of the molecule is CC1SC(c2ccccc2O)=N[C@H]1CO. The summed E-state index contributed by atoms with van der Waals surface area (Å²) in [5.74, 6) is 0.245. The standard InChI is InChI=1S/C11H13NO2S/c1-7-9(6-13)12-11(15-7)8-4-2-3-5-10(8)14/h2-5,7,9,13-14H,6H2,1H3/t7?,9-/m0/s1. The number of rotatable bonds is 2. The number of phenolic OH excluding ortho intramolecular Hbond substituents is 1. The molecule has 1 aliphatic heterocycles. The van der Waals surface area contributed by atoms with Crippen molar-refractivity contribution in [2.24, 2.45) is 4.99 Å². The Bertz CT molecular complexity index is 392. The molecule has 0 bridgehead atoms. The molecule has 80 valence electrons. The number of phenols is 1. The fourth-order valence-corrected chi connectivity index (χ4v) is 2.67. The molecule has 1 aliphatic rings. The minimum absolute atomic E-state index is 0.0513. The lowest BCUT2D eigenvalue weighted by Gasteiger charge is -2.06. The number of benzene rings is 1. The zero-order valence-electron chi connectivity index (χ0n) is 8.42. The highest BCUT2D eigenvalue weighted by atomic mass is 32.2. The van der Waals surface area contributed by atoms with E-state index >= 15 is 0 Å². The lowest BCUT2D eigenvalue weighted by molar-refractivity contribution is 0.268. The Balaban J connectivity index is 2.30. The van der Waals surface area contributed by atoms with Crippen molar-refractivity contribution in [1.29, 1.82) is 0 Å². The fourth-order valence-electron chi connectivity index (χ4n) is 1.52. The van der Waals surface area contributed by atoms with Gasteiger partial charge in [0.25, 0.3) is 0 Å². The van der Waals surface area contributed by atoms with E-state index in [0.717, 1.165) is 10.6 Å². The molecule has 0 saturated carbocycles. The number of para-hydroxylation sites is 1. The summed E-state index contributed by atoms with van der Waals surface area (Å²) >= 11 is 1.60. The molecule has 2 N–H and O–H groups in total. The summed E-state index contributed by atoms with van der Waals surface area (Å²) < 4.78 is 0. The van der Waals surface area contributed by atoms with Crippen LogP contribution in [0.2, 0.25) is 0 Å². The van der Waals surface area contributed by atoms with Crippen LogP contribution in [0.4, 0.5) is 0 Å². The summed E-state index contributed by atoms with van der Waals surface area (Å²) in [5.41, 5.74) is 0.755. The molecule has 1 aromatic rings. The van der Waals surface area contributed by atoms with Gasteiger partial charge in [-0.2, -0.15) is 0 Å². The first-order valence-corrected chi connectivity index (χ1v) is 5.74. The fraction of sp³-hybridized carbons (Fsp3) is 0.364. The molecule has 0 amide bonds. The molecule has 4 heteroatoms. The number of aromatic hydroxyl groups is 1.